The van der Waals surface area contributed by atoms with Crippen molar-refractivity contribution in [2.75, 3.05) is 31.2 Å². The molecule has 0 radical (unpaired) electrons. The van der Waals surface area contributed by atoms with Crippen molar-refractivity contribution < 1.29 is 4.74 Å². The summed E-state index contributed by atoms with van der Waals surface area (Å²) in [5.41, 5.74) is 9.98. The molecule has 0 atom stereocenters. The lowest BCUT2D eigenvalue weighted by Gasteiger charge is -2.27. The van der Waals surface area contributed by atoms with Crippen LogP contribution in [0, 0.1) is 5.41 Å². The Hall–Kier alpha value is -3.19. The average Bonchev–Trinajstić information content (AvgIpc) is 3.13. The highest BCUT2D eigenvalue weighted by atomic mass is 16.5. The summed E-state index contributed by atoms with van der Waals surface area (Å²) in [7, 11) is 0. The van der Waals surface area contributed by atoms with Crippen molar-refractivity contribution in [3.63, 3.8) is 0 Å². The van der Waals surface area contributed by atoms with E-state index in [1.54, 1.807) is 0 Å². The van der Waals surface area contributed by atoms with E-state index >= 15 is 0 Å². The summed E-state index contributed by atoms with van der Waals surface area (Å²) in [5.74, 6) is 0.931. The van der Waals surface area contributed by atoms with E-state index in [2.05, 4.69) is 26.1 Å². The molecule has 1 fully saturated rings. The van der Waals surface area contributed by atoms with Gasteiger partial charge in [0.2, 0.25) is 0 Å². The number of morpholine rings is 1. The Bertz CT molecular complexity index is 971. The molecule has 7 heteroatoms. The smallest absolute Gasteiger partial charge is 0.129 e. The Labute approximate surface area is 151 Å². The standard InChI is InChI=1S/C19H20N6O/c20-11-15(12-21)13-1-2-17-16(9-13)19(24-23-17)14-3-4-22-18(10-14)25-5-7-26-8-6-25/h1-4,9-12,20H,5-8,21H2,(H,23,24)/b15-12+,20-11?. The van der Waals surface area contributed by atoms with Crippen LogP contribution in [-0.4, -0.2) is 47.7 Å². The molecule has 0 aliphatic carbocycles. The first-order chi connectivity index (χ1) is 12.8. The molecule has 4 N–H and O–H groups in total. The molecule has 1 saturated heterocycles. The van der Waals surface area contributed by atoms with Gasteiger partial charge in [-0.3, -0.25) is 5.10 Å². The fraction of sp³-hybridized carbons (Fsp3) is 0.211. The van der Waals surface area contributed by atoms with Crippen molar-refractivity contribution in [3.8, 4) is 11.3 Å². The number of allylic oxidation sites excluding steroid dienone is 1. The van der Waals surface area contributed by atoms with Gasteiger partial charge in [0, 0.05) is 48.2 Å². The molecular weight excluding hydrogens is 328 g/mol. The van der Waals surface area contributed by atoms with E-state index in [0.717, 1.165) is 59.8 Å². The van der Waals surface area contributed by atoms with Crippen LogP contribution in [0.2, 0.25) is 0 Å². The Morgan fingerprint density at radius 3 is 2.85 bits per heavy atom. The molecule has 3 heterocycles. The number of ether oxygens (including phenoxy) is 1. The second kappa shape index (κ2) is 6.97. The number of pyridine rings is 1. The molecule has 1 aliphatic rings. The van der Waals surface area contributed by atoms with Crippen molar-refractivity contribution >= 4 is 28.5 Å². The normalized spacial score (nSPS) is 15.4. The summed E-state index contributed by atoms with van der Waals surface area (Å²) in [5, 5.41) is 16.1. The predicted octanol–water partition coefficient (Wildman–Crippen LogP) is 2.41. The maximum Gasteiger partial charge on any atom is 0.129 e. The van der Waals surface area contributed by atoms with Crippen LogP contribution in [0.3, 0.4) is 0 Å². The lowest BCUT2D eigenvalue weighted by atomic mass is 10.0. The van der Waals surface area contributed by atoms with Crippen molar-refractivity contribution in [2.24, 2.45) is 5.73 Å². The third kappa shape index (κ3) is 2.93. The van der Waals surface area contributed by atoms with Gasteiger partial charge < -0.3 is 20.8 Å². The van der Waals surface area contributed by atoms with Crippen molar-refractivity contribution in [1.82, 2.24) is 15.2 Å². The van der Waals surface area contributed by atoms with Gasteiger partial charge in [-0.15, -0.1) is 0 Å². The SMILES string of the molecule is N=C/C(=C\N)c1ccc2[nH]nc(-c3ccnc(N4CCOCC4)c3)c2c1. The fourth-order valence-electron chi connectivity index (χ4n) is 3.17. The van der Waals surface area contributed by atoms with E-state index in [9.17, 15) is 0 Å². The molecule has 0 spiro atoms. The van der Waals surface area contributed by atoms with E-state index in [-0.39, 0.29) is 0 Å². The maximum atomic E-state index is 7.51. The first-order valence-corrected chi connectivity index (χ1v) is 8.50. The molecule has 2 aromatic heterocycles. The van der Waals surface area contributed by atoms with Gasteiger partial charge in [-0.05, 0) is 29.8 Å². The van der Waals surface area contributed by atoms with Crippen molar-refractivity contribution in [3.05, 3.63) is 48.3 Å². The average molecular weight is 348 g/mol. The van der Waals surface area contributed by atoms with Crippen LogP contribution in [0.5, 0.6) is 0 Å². The summed E-state index contributed by atoms with van der Waals surface area (Å²) in [6.45, 7) is 3.12. The van der Waals surface area contributed by atoms with Gasteiger partial charge in [0.1, 0.15) is 11.5 Å². The van der Waals surface area contributed by atoms with Crippen molar-refractivity contribution in [2.45, 2.75) is 0 Å². The lowest BCUT2D eigenvalue weighted by molar-refractivity contribution is 0.122. The number of nitrogens with zero attached hydrogens (tertiary/aromatic N) is 3. The van der Waals surface area contributed by atoms with Gasteiger partial charge in [-0.2, -0.15) is 5.10 Å². The van der Waals surface area contributed by atoms with Gasteiger partial charge in [0.25, 0.3) is 0 Å². The van der Waals surface area contributed by atoms with Gasteiger partial charge in [0.15, 0.2) is 0 Å². The summed E-state index contributed by atoms with van der Waals surface area (Å²) in [6.07, 6.45) is 4.51. The van der Waals surface area contributed by atoms with Crippen LogP contribution in [-0.2, 0) is 4.74 Å². The zero-order chi connectivity index (χ0) is 17.9. The quantitative estimate of drug-likeness (QED) is 0.628. The topological polar surface area (TPSA) is 104 Å². The Morgan fingerprint density at radius 1 is 1.23 bits per heavy atom. The molecule has 3 aromatic rings. The third-order valence-corrected chi connectivity index (χ3v) is 4.59. The molecule has 1 aliphatic heterocycles. The highest BCUT2D eigenvalue weighted by molar-refractivity contribution is 6.09. The molecule has 1 aromatic carbocycles. The van der Waals surface area contributed by atoms with Crippen LogP contribution in [0.1, 0.15) is 5.56 Å². The summed E-state index contributed by atoms with van der Waals surface area (Å²) in [4.78, 5) is 6.72. The fourth-order valence-corrected chi connectivity index (χ4v) is 3.17. The Kier molecular flexibility index (Phi) is 4.37. The number of nitrogens with one attached hydrogen (secondary N) is 2. The van der Waals surface area contributed by atoms with Crippen molar-refractivity contribution in [1.29, 1.82) is 5.41 Å². The molecule has 0 bridgehead atoms. The van der Waals surface area contributed by atoms with Gasteiger partial charge in [0.05, 0.1) is 18.7 Å². The van der Waals surface area contributed by atoms with Crippen LogP contribution < -0.4 is 10.6 Å². The monoisotopic (exact) mass is 348 g/mol. The molecule has 0 amide bonds. The number of benzene rings is 1. The Morgan fingerprint density at radius 2 is 2.08 bits per heavy atom. The third-order valence-electron chi connectivity index (χ3n) is 4.59. The number of anilines is 1. The first kappa shape index (κ1) is 16.3. The molecule has 7 nitrogen and oxygen atoms in total. The molecule has 132 valence electrons. The summed E-state index contributed by atoms with van der Waals surface area (Å²) in [6, 6.07) is 9.91. The number of hydrogen-bond donors (Lipinski definition) is 3. The molecule has 4 rings (SSSR count). The number of aromatic nitrogens is 3. The number of aromatic amines is 1. The van der Waals surface area contributed by atoms with Gasteiger partial charge in [-0.1, -0.05) is 6.07 Å². The summed E-state index contributed by atoms with van der Waals surface area (Å²) >= 11 is 0. The molecule has 26 heavy (non-hydrogen) atoms. The van der Waals surface area contributed by atoms with Gasteiger partial charge in [-0.25, -0.2) is 4.98 Å². The number of nitrogens with two attached hydrogens (primary N) is 1. The number of hydrogen-bond acceptors (Lipinski definition) is 6. The van der Waals surface area contributed by atoms with E-state index in [1.165, 1.54) is 12.4 Å². The second-order valence-electron chi connectivity index (χ2n) is 6.10. The molecule has 0 unspecified atom stereocenters. The van der Waals surface area contributed by atoms with E-state index in [4.69, 9.17) is 15.9 Å². The minimum absolute atomic E-state index is 0.669. The van der Waals surface area contributed by atoms with Gasteiger partial charge >= 0.3 is 0 Å². The zero-order valence-corrected chi connectivity index (χ0v) is 14.3. The van der Waals surface area contributed by atoms with Crippen LogP contribution in [0.4, 0.5) is 5.82 Å². The molecule has 0 saturated carbocycles. The second-order valence-corrected chi connectivity index (χ2v) is 6.10. The highest BCUT2D eigenvalue weighted by Crippen LogP contribution is 2.30. The number of H-pyrrole nitrogens is 1. The van der Waals surface area contributed by atoms with E-state index in [1.807, 2.05) is 30.5 Å². The lowest BCUT2D eigenvalue weighted by Crippen LogP contribution is -2.36. The van der Waals surface area contributed by atoms with E-state index < -0.39 is 0 Å². The predicted molar refractivity (Wildman–Crippen MR) is 103 cm³/mol. The van der Waals surface area contributed by atoms with Crippen LogP contribution in [0.25, 0.3) is 27.7 Å². The van der Waals surface area contributed by atoms with E-state index in [0.29, 0.717) is 5.57 Å². The highest BCUT2D eigenvalue weighted by Gasteiger charge is 2.15. The Balaban J connectivity index is 1.76. The first-order valence-electron chi connectivity index (χ1n) is 8.50. The minimum Gasteiger partial charge on any atom is -0.404 e. The number of fused-ring (bicyclic) bond motifs is 1. The summed E-state index contributed by atoms with van der Waals surface area (Å²) < 4.78 is 5.42. The minimum atomic E-state index is 0.669. The zero-order valence-electron chi connectivity index (χ0n) is 14.3. The van der Waals surface area contributed by atoms with Crippen LogP contribution >= 0.6 is 0 Å². The van der Waals surface area contributed by atoms with Crippen LogP contribution in [0.15, 0.2) is 42.7 Å². The number of rotatable bonds is 4. The largest absolute Gasteiger partial charge is 0.404 e. The molecular formula is C19H20N6O. The maximum absolute atomic E-state index is 7.51.